The Bertz CT molecular complexity index is 2070. The molecule has 0 bridgehead atoms. The molecule has 0 unspecified atom stereocenters. The van der Waals surface area contributed by atoms with Gasteiger partial charge in [0.15, 0.2) is 0 Å². The zero-order valence-corrected chi connectivity index (χ0v) is 27.2. The van der Waals surface area contributed by atoms with Crippen molar-refractivity contribution in [3.05, 3.63) is 136 Å². The second kappa shape index (κ2) is 11.6. The molecule has 2 heterocycles. The Morgan fingerprint density at radius 3 is 2.22 bits per heavy atom. The molecule has 49 heavy (non-hydrogen) atoms. The van der Waals surface area contributed by atoms with Gasteiger partial charge in [-0.3, -0.25) is 29.5 Å². The number of aromatic hydroxyl groups is 1. The van der Waals surface area contributed by atoms with Crippen molar-refractivity contribution in [2.24, 2.45) is 23.7 Å². The number of phenols is 1. The van der Waals surface area contributed by atoms with E-state index in [9.17, 15) is 23.9 Å². The molecule has 6 atom stereocenters. The van der Waals surface area contributed by atoms with E-state index in [1.54, 1.807) is 60.7 Å². The van der Waals surface area contributed by atoms with Crippen LogP contribution >= 0.6 is 23.2 Å². The van der Waals surface area contributed by atoms with E-state index in [2.05, 4.69) is 5.43 Å². The Hall–Kier alpha value is -4.99. The van der Waals surface area contributed by atoms with E-state index in [1.165, 1.54) is 41.3 Å². The third-order valence-electron chi connectivity index (χ3n) is 10.6. The number of amides is 4. The fourth-order valence-corrected chi connectivity index (χ4v) is 8.99. The number of hydrogen-bond acceptors (Lipinski definition) is 6. The van der Waals surface area contributed by atoms with Gasteiger partial charge in [-0.15, -0.1) is 0 Å². The quantitative estimate of drug-likeness (QED) is 0.172. The number of nitrogens with zero attached hydrogens (tertiary/aromatic N) is 2. The summed E-state index contributed by atoms with van der Waals surface area (Å²) in [5, 5.41) is 11.9. The number of carbonyl (C=O) groups excluding carboxylic acids is 4. The molecule has 1 saturated carbocycles. The molecule has 2 saturated heterocycles. The number of carbonyl (C=O) groups is 4. The van der Waals surface area contributed by atoms with Crippen LogP contribution in [0.2, 0.25) is 10.0 Å². The Kier molecular flexibility index (Phi) is 7.39. The predicted octanol–water partition coefficient (Wildman–Crippen LogP) is 7.03. The van der Waals surface area contributed by atoms with Crippen molar-refractivity contribution in [3.63, 3.8) is 0 Å². The van der Waals surface area contributed by atoms with Crippen molar-refractivity contribution in [1.29, 1.82) is 0 Å². The van der Waals surface area contributed by atoms with Crippen LogP contribution < -0.4 is 10.3 Å². The molecule has 2 aliphatic heterocycles. The van der Waals surface area contributed by atoms with Gasteiger partial charge in [0, 0.05) is 16.0 Å². The van der Waals surface area contributed by atoms with Crippen LogP contribution in [-0.2, 0) is 24.6 Å². The molecule has 4 aromatic rings. The Morgan fingerprint density at radius 2 is 1.53 bits per heavy atom. The first-order valence-corrected chi connectivity index (χ1v) is 16.6. The van der Waals surface area contributed by atoms with Crippen LogP contribution in [0.5, 0.6) is 5.75 Å². The minimum Gasteiger partial charge on any atom is -0.508 e. The number of nitrogens with one attached hydrogen (secondary N) is 1. The number of imide groups is 2. The van der Waals surface area contributed by atoms with Gasteiger partial charge in [0.1, 0.15) is 11.6 Å². The molecular formula is C38H28Cl2FN3O5. The average molecular weight is 697 g/mol. The van der Waals surface area contributed by atoms with Gasteiger partial charge in [-0.25, -0.2) is 4.39 Å². The summed E-state index contributed by atoms with van der Waals surface area (Å²) in [6.45, 7) is 0. The maximum atomic E-state index is 15.1. The van der Waals surface area contributed by atoms with E-state index in [0.717, 1.165) is 10.6 Å². The fourth-order valence-electron chi connectivity index (χ4n) is 8.58. The first kappa shape index (κ1) is 31.3. The number of halogens is 3. The van der Waals surface area contributed by atoms with E-state index in [1.807, 2.05) is 6.08 Å². The number of hydrazine groups is 1. The molecule has 4 aromatic carbocycles. The number of benzene rings is 4. The van der Waals surface area contributed by atoms with E-state index in [0.29, 0.717) is 27.5 Å². The van der Waals surface area contributed by atoms with Crippen LogP contribution in [0.4, 0.5) is 15.8 Å². The SMILES string of the molecule is O=C1[C@@H]2C[C@@H]3C(=CC[C@@H]4C(=O)N(c5ccccc5)C(=O)[C@@H]43)[C@H](c3ccc(O)cc3Cl)[C@]2(c2ccc(Cl)cc2)C(=O)N1Nc1ccc(F)cc1. The summed E-state index contributed by atoms with van der Waals surface area (Å²) in [7, 11) is 0. The summed E-state index contributed by atoms with van der Waals surface area (Å²) < 4.78 is 13.8. The van der Waals surface area contributed by atoms with Crippen molar-refractivity contribution in [2.75, 3.05) is 10.3 Å². The summed E-state index contributed by atoms with van der Waals surface area (Å²) in [6, 6.07) is 25.3. The van der Waals surface area contributed by atoms with Crippen molar-refractivity contribution in [3.8, 4) is 5.75 Å². The number of para-hydroxylation sites is 1. The molecule has 11 heteroatoms. The van der Waals surface area contributed by atoms with Gasteiger partial charge in [-0.05, 0) is 90.6 Å². The number of anilines is 2. The molecular weight excluding hydrogens is 668 g/mol. The zero-order chi connectivity index (χ0) is 34.2. The van der Waals surface area contributed by atoms with Crippen molar-refractivity contribution in [2.45, 2.75) is 24.2 Å². The summed E-state index contributed by atoms with van der Waals surface area (Å²) in [5.74, 6) is -6.25. The third-order valence-corrected chi connectivity index (χ3v) is 11.1. The second-order valence-corrected chi connectivity index (χ2v) is 13.8. The lowest BCUT2D eigenvalue weighted by atomic mass is 9.49. The predicted molar refractivity (Wildman–Crippen MR) is 181 cm³/mol. The van der Waals surface area contributed by atoms with Gasteiger partial charge < -0.3 is 5.11 Å². The molecule has 0 radical (unpaired) electrons. The highest BCUT2D eigenvalue weighted by molar-refractivity contribution is 6.32. The highest BCUT2D eigenvalue weighted by Gasteiger charge is 2.70. The van der Waals surface area contributed by atoms with Crippen LogP contribution in [0.15, 0.2) is 109 Å². The van der Waals surface area contributed by atoms with E-state index < -0.39 is 52.6 Å². The normalized spacial score (nSPS) is 27.5. The van der Waals surface area contributed by atoms with Crippen LogP contribution in [0, 0.1) is 29.5 Å². The minimum absolute atomic E-state index is 0.0839. The van der Waals surface area contributed by atoms with Gasteiger partial charge in [0.2, 0.25) is 11.8 Å². The summed E-state index contributed by atoms with van der Waals surface area (Å²) in [5.41, 5.74) is 3.85. The molecule has 0 aromatic heterocycles. The first-order valence-electron chi connectivity index (χ1n) is 15.9. The van der Waals surface area contributed by atoms with E-state index in [4.69, 9.17) is 23.2 Å². The summed E-state index contributed by atoms with van der Waals surface area (Å²) in [6.07, 6.45) is 2.27. The largest absolute Gasteiger partial charge is 0.508 e. The van der Waals surface area contributed by atoms with Gasteiger partial charge in [0.05, 0.1) is 34.5 Å². The molecule has 0 spiro atoms. The molecule has 8 nitrogen and oxygen atoms in total. The van der Waals surface area contributed by atoms with Crippen LogP contribution in [0.3, 0.4) is 0 Å². The number of hydrogen-bond donors (Lipinski definition) is 2. The van der Waals surface area contributed by atoms with E-state index >= 15 is 4.79 Å². The fraction of sp³-hybridized carbons (Fsp3) is 0.211. The second-order valence-electron chi connectivity index (χ2n) is 12.9. The van der Waals surface area contributed by atoms with Gasteiger partial charge in [0.25, 0.3) is 11.8 Å². The maximum absolute atomic E-state index is 15.1. The Labute approximate surface area is 290 Å². The number of rotatable bonds is 5. The minimum atomic E-state index is -1.57. The zero-order valence-electron chi connectivity index (χ0n) is 25.7. The lowest BCUT2D eigenvalue weighted by molar-refractivity contribution is -0.138. The van der Waals surface area contributed by atoms with Gasteiger partial charge >= 0.3 is 0 Å². The average Bonchev–Trinajstić information content (AvgIpc) is 3.47. The number of phenolic OH excluding ortho intramolecular Hbond substituents is 1. The third kappa shape index (κ3) is 4.63. The highest BCUT2D eigenvalue weighted by Crippen LogP contribution is 2.65. The Balaban J connectivity index is 1.34. The van der Waals surface area contributed by atoms with Crippen LogP contribution in [0.1, 0.15) is 29.9 Å². The van der Waals surface area contributed by atoms with Crippen molar-refractivity contribution >= 4 is 58.2 Å². The first-order chi connectivity index (χ1) is 23.6. The molecule has 2 N–H and O–H groups in total. The van der Waals surface area contributed by atoms with Crippen molar-refractivity contribution in [1.82, 2.24) is 5.01 Å². The number of fused-ring (bicyclic) bond motifs is 4. The standard InChI is InChI=1S/C38H28Cl2FN3O5/c39-21-8-6-20(7-9-21)38-30(35(47)44(37(38)49)42-23-12-10-22(41)11-13-23)19-29-26(33(38)27-15-14-25(45)18-31(27)40)16-17-28-32(29)36(48)43(34(28)46)24-4-2-1-3-5-24/h1-16,18,28-30,32-33,42,45H,17,19H2/t28-,29+,30-,32-,33+,38+/m0/s1. The summed E-state index contributed by atoms with van der Waals surface area (Å²) >= 11 is 13.2. The Morgan fingerprint density at radius 1 is 0.816 bits per heavy atom. The maximum Gasteiger partial charge on any atom is 0.260 e. The molecule has 4 aliphatic rings. The molecule has 246 valence electrons. The number of allylic oxidation sites excluding steroid dienone is 2. The lowest BCUT2D eigenvalue weighted by Gasteiger charge is -2.50. The summed E-state index contributed by atoms with van der Waals surface area (Å²) in [4.78, 5) is 59.2. The van der Waals surface area contributed by atoms with Crippen LogP contribution in [0.25, 0.3) is 0 Å². The van der Waals surface area contributed by atoms with E-state index in [-0.39, 0.29) is 35.4 Å². The van der Waals surface area contributed by atoms with Gasteiger partial charge in [-0.1, -0.05) is 71.2 Å². The topological polar surface area (TPSA) is 107 Å². The van der Waals surface area contributed by atoms with Gasteiger partial charge in [-0.2, -0.15) is 5.01 Å². The van der Waals surface area contributed by atoms with Crippen LogP contribution in [-0.4, -0.2) is 33.7 Å². The molecule has 2 aliphatic carbocycles. The van der Waals surface area contributed by atoms with Crippen molar-refractivity contribution < 1.29 is 28.7 Å². The molecule has 4 amide bonds. The molecule has 3 fully saturated rings. The highest BCUT2D eigenvalue weighted by atomic mass is 35.5. The molecule has 8 rings (SSSR count). The monoisotopic (exact) mass is 695 g/mol. The lowest BCUT2D eigenvalue weighted by Crippen LogP contribution is -2.53. The smallest absolute Gasteiger partial charge is 0.260 e.